The summed E-state index contributed by atoms with van der Waals surface area (Å²) in [6.45, 7) is 1.47. The minimum Gasteiger partial charge on any atom is -0.491 e. The Morgan fingerprint density at radius 1 is 1.22 bits per heavy atom. The van der Waals surface area contributed by atoms with Crippen LogP contribution in [0.1, 0.15) is 48.4 Å². The number of nitrogens with two attached hydrogens (primary N) is 1. The van der Waals surface area contributed by atoms with Crippen LogP contribution in [0, 0.1) is 5.92 Å². The summed E-state index contributed by atoms with van der Waals surface area (Å²) in [5, 5.41) is 0. The van der Waals surface area contributed by atoms with Gasteiger partial charge in [-0.05, 0) is 47.6 Å². The molecule has 0 bridgehead atoms. The van der Waals surface area contributed by atoms with Gasteiger partial charge in [0.25, 0.3) is 0 Å². The van der Waals surface area contributed by atoms with Crippen molar-refractivity contribution in [2.75, 3.05) is 13.3 Å². The maximum atomic E-state index is 12.5. The molecule has 144 valence electrons. The van der Waals surface area contributed by atoms with Crippen LogP contribution in [0.25, 0.3) is 0 Å². The molecule has 0 radical (unpaired) electrons. The molecule has 2 unspecified atom stereocenters. The van der Waals surface area contributed by atoms with Gasteiger partial charge >= 0.3 is 5.97 Å². The normalized spacial score (nSPS) is 15.8. The molecule has 1 saturated carbocycles. The van der Waals surface area contributed by atoms with Crippen molar-refractivity contribution in [1.29, 1.82) is 0 Å². The maximum Gasteiger partial charge on any atom is 0.310 e. The van der Waals surface area contributed by atoms with Crippen molar-refractivity contribution in [1.82, 2.24) is 0 Å². The lowest BCUT2D eigenvalue weighted by Crippen LogP contribution is -2.28. The van der Waals surface area contributed by atoms with Crippen LogP contribution < -0.4 is 10.5 Å². The first-order chi connectivity index (χ1) is 13.1. The van der Waals surface area contributed by atoms with E-state index in [0.29, 0.717) is 11.7 Å². The van der Waals surface area contributed by atoms with E-state index in [1.165, 1.54) is 0 Å². The number of carbonyl (C=O) groups excluding carboxylic acids is 1. The Labute approximate surface area is 159 Å². The predicted molar refractivity (Wildman–Crippen MR) is 102 cm³/mol. The fourth-order valence-corrected chi connectivity index (χ4v) is 3.13. The number of carbonyl (C=O) groups is 1. The average molecular weight is 371 g/mol. The number of ether oxygens (including phenoxy) is 2. The summed E-state index contributed by atoms with van der Waals surface area (Å²) >= 11 is 0. The van der Waals surface area contributed by atoms with E-state index in [-0.39, 0.29) is 19.2 Å². The molecule has 3 rings (SSSR count). The van der Waals surface area contributed by atoms with Crippen molar-refractivity contribution >= 4 is 5.97 Å². The van der Waals surface area contributed by atoms with Crippen molar-refractivity contribution in [3.8, 4) is 5.75 Å². The first kappa shape index (κ1) is 19.4. The lowest BCUT2D eigenvalue weighted by molar-refractivity contribution is -0.150. The predicted octanol–water partition coefficient (Wildman–Crippen LogP) is 4.29. The molecule has 1 aliphatic rings. The number of esters is 1. The van der Waals surface area contributed by atoms with Gasteiger partial charge in [-0.15, -0.1) is 0 Å². The highest BCUT2D eigenvalue weighted by molar-refractivity contribution is 5.73. The van der Waals surface area contributed by atoms with Crippen molar-refractivity contribution in [3.63, 3.8) is 0 Å². The van der Waals surface area contributed by atoms with Crippen LogP contribution in [0.5, 0.6) is 5.75 Å². The van der Waals surface area contributed by atoms with Gasteiger partial charge < -0.3 is 15.2 Å². The van der Waals surface area contributed by atoms with E-state index in [2.05, 4.69) is 0 Å². The number of alkyl halides is 1. The molecule has 0 aliphatic heterocycles. The molecule has 27 heavy (non-hydrogen) atoms. The summed E-state index contributed by atoms with van der Waals surface area (Å²) in [6.07, 6.45) is 2.24. The van der Waals surface area contributed by atoms with E-state index < -0.39 is 18.6 Å². The van der Waals surface area contributed by atoms with Crippen molar-refractivity contribution in [3.05, 3.63) is 65.2 Å². The maximum absolute atomic E-state index is 12.5. The molecule has 0 heterocycles. The Kier molecular flexibility index (Phi) is 6.45. The van der Waals surface area contributed by atoms with E-state index in [9.17, 15) is 9.18 Å². The zero-order chi connectivity index (χ0) is 19.2. The second-order valence-electron chi connectivity index (χ2n) is 7.01. The summed E-state index contributed by atoms with van der Waals surface area (Å²) in [5.41, 5.74) is 9.42. The second-order valence-corrected chi connectivity index (χ2v) is 7.01. The van der Waals surface area contributed by atoms with Crippen molar-refractivity contribution in [2.24, 2.45) is 11.7 Å². The Morgan fingerprint density at radius 2 is 1.96 bits per heavy atom. The molecule has 0 amide bonds. The molecular weight excluding hydrogens is 345 g/mol. The summed E-state index contributed by atoms with van der Waals surface area (Å²) in [5.74, 6) is 0.229. The van der Waals surface area contributed by atoms with Crippen LogP contribution >= 0.6 is 0 Å². The third-order valence-corrected chi connectivity index (χ3v) is 4.91. The van der Waals surface area contributed by atoms with Gasteiger partial charge in [0.05, 0.1) is 5.92 Å². The fourth-order valence-electron chi connectivity index (χ4n) is 3.13. The molecule has 4 nitrogen and oxygen atoms in total. The van der Waals surface area contributed by atoms with Gasteiger partial charge in [0.1, 0.15) is 25.6 Å². The van der Waals surface area contributed by atoms with Crippen LogP contribution in [-0.4, -0.2) is 19.3 Å². The summed E-state index contributed by atoms with van der Waals surface area (Å²) < 4.78 is 23.2. The van der Waals surface area contributed by atoms with Gasteiger partial charge in [-0.25, -0.2) is 4.39 Å². The average Bonchev–Trinajstić information content (AvgIpc) is 3.55. The van der Waals surface area contributed by atoms with Gasteiger partial charge in [0.2, 0.25) is 0 Å². The number of halogens is 1. The van der Waals surface area contributed by atoms with Gasteiger partial charge in [-0.2, -0.15) is 0 Å². The molecule has 2 atom stereocenters. The van der Waals surface area contributed by atoms with E-state index in [0.717, 1.165) is 29.5 Å². The van der Waals surface area contributed by atoms with Gasteiger partial charge in [-0.3, -0.25) is 4.79 Å². The first-order valence-corrected chi connectivity index (χ1v) is 9.39. The highest BCUT2D eigenvalue weighted by Gasteiger charge is 2.31. The monoisotopic (exact) mass is 371 g/mol. The number of rotatable bonds is 9. The Bertz CT molecular complexity index is 761. The molecule has 1 aliphatic carbocycles. The van der Waals surface area contributed by atoms with Crippen molar-refractivity contribution < 1.29 is 18.7 Å². The molecule has 2 aromatic rings. The minimum absolute atomic E-state index is 0.00608. The van der Waals surface area contributed by atoms with Crippen LogP contribution in [0.4, 0.5) is 4.39 Å². The Morgan fingerprint density at radius 3 is 2.63 bits per heavy atom. The van der Waals surface area contributed by atoms with E-state index in [1.807, 2.05) is 48.5 Å². The number of hydrogen-bond acceptors (Lipinski definition) is 4. The molecule has 2 aromatic carbocycles. The molecule has 5 heteroatoms. The third-order valence-electron chi connectivity index (χ3n) is 4.91. The van der Waals surface area contributed by atoms with Gasteiger partial charge in [-0.1, -0.05) is 43.3 Å². The summed E-state index contributed by atoms with van der Waals surface area (Å²) in [4.78, 5) is 12.5. The number of benzene rings is 2. The first-order valence-electron chi connectivity index (χ1n) is 9.39. The lowest BCUT2D eigenvalue weighted by atomic mass is 9.90. The quantitative estimate of drug-likeness (QED) is 0.668. The van der Waals surface area contributed by atoms with E-state index in [1.54, 1.807) is 6.92 Å². The van der Waals surface area contributed by atoms with Gasteiger partial charge in [0.15, 0.2) is 0 Å². The summed E-state index contributed by atoms with van der Waals surface area (Å²) in [7, 11) is 0. The highest BCUT2D eigenvalue weighted by Crippen LogP contribution is 2.44. The lowest BCUT2D eigenvalue weighted by Gasteiger charge is -2.22. The van der Waals surface area contributed by atoms with Gasteiger partial charge in [0, 0.05) is 6.04 Å². The van der Waals surface area contributed by atoms with Crippen molar-refractivity contribution in [2.45, 2.75) is 38.3 Å². The largest absolute Gasteiger partial charge is 0.491 e. The molecular formula is C22H26FNO3. The van der Waals surface area contributed by atoms with E-state index >= 15 is 0 Å². The van der Waals surface area contributed by atoms with Crippen LogP contribution in [0.15, 0.2) is 48.5 Å². The zero-order valence-corrected chi connectivity index (χ0v) is 15.6. The minimum atomic E-state index is -0.548. The highest BCUT2D eigenvalue weighted by atomic mass is 19.1. The Hall–Kier alpha value is -2.40. The molecule has 0 saturated heterocycles. The molecule has 1 fully saturated rings. The Balaban J connectivity index is 1.70. The van der Waals surface area contributed by atoms with Crippen LogP contribution in [-0.2, 0) is 16.1 Å². The molecule has 0 aromatic heterocycles. The molecule has 2 N–H and O–H groups in total. The standard InChI is InChI=1S/C22H26FNO3/c1-15(22(25)27-14-16-5-3-2-4-6-16)21(24)20-13-18(26-12-11-23)9-10-19(20)17-7-8-17/h2-6,9-10,13,15,17,21H,7-8,11-12,14,24H2,1H3. The third kappa shape index (κ3) is 5.07. The summed E-state index contributed by atoms with van der Waals surface area (Å²) in [6, 6.07) is 14.7. The van der Waals surface area contributed by atoms with Crippen LogP contribution in [0.3, 0.4) is 0 Å². The van der Waals surface area contributed by atoms with E-state index in [4.69, 9.17) is 15.2 Å². The second kappa shape index (κ2) is 9.00. The zero-order valence-electron chi connectivity index (χ0n) is 15.6. The number of hydrogen-bond donors (Lipinski definition) is 1. The van der Waals surface area contributed by atoms with Crippen LogP contribution in [0.2, 0.25) is 0 Å². The smallest absolute Gasteiger partial charge is 0.310 e. The topological polar surface area (TPSA) is 61.5 Å². The fraction of sp³-hybridized carbons (Fsp3) is 0.409. The SMILES string of the molecule is CC(C(=O)OCc1ccccc1)C(N)c1cc(OCCF)ccc1C1CC1. The molecule has 0 spiro atoms.